The van der Waals surface area contributed by atoms with Gasteiger partial charge in [0.2, 0.25) is 0 Å². The van der Waals surface area contributed by atoms with E-state index in [4.69, 9.17) is 16.0 Å². The quantitative estimate of drug-likeness (QED) is 0.441. The minimum absolute atomic E-state index is 0.214. The van der Waals surface area contributed by atoms with Crippen LogP contribution < -0.4 is 11.2 Å². The summed E-state index contributed by atoms with van der Waals surface area (Å²) in [5.74, 6) is 0.710. The molecule has 0 amide bonds. The second kappa shape index (κ2) is 8.27. The predicted octanol–water partition coefficient (Wildman–Crippen LogP) is 3.72. The number of hydrogen-bond donors (Lipinski definition) is 0. The van der Waals surface area contributed by atoms with Crippen molar-refractivity contribution in [1.82, 2.24) is 18.6 Å². The molecular weight excluding hydrogens is 460 g/mol. The van der Waals surface area contributed by atoms with Crippen LogP contribution >= 0.6 is 23.4 Å². The minimum Gasteiger partial charge on any atom is -0.448 e. The van der Waals surface area contributed by atoms with Crippen LogP contribution in [0, 0.1) is 0 Å². The van der Waals surface area contributed by atoms with Gasteiger partial charge >= 0.3 is 5.69 Å². The van der Waals surface area contributed by atoms with Crippen molar-refractivity contribution in [2.75, 3.05) is 20.6 Å². The van der Waals surface area contributed by atoms with E-state index in [0.29, 0.717) is 28.4 Å². The molecule has 1 aliphatic heterocycles. The molecule has 0 saturated carbocycles. The first-order valence-electron chi connectivity index (χ1n) is 10.7. The standard InChI is InChI=1S/C24H25ClN4O3S/c1-26(2)12-15-13-29-19(14-8-6-5-7-9-14)18-20(27(3)24(31)28(4)23(18)30)21(29)22(33-15)16-10-11-17(25)32-16/h5-11,15,22H,12-13H2,1-4H3/t15-,22-/m1/s1. The molecule has 0 N–H and O–H groups in total. The van der Waals surface area contributed by atoms with Crippen molar-refractivity contribution in [3.63, 3.8) is 0 Å². The van der Waals surface area contributed by atoms with Gasteiger partial charge in [-0.2, -0.15) is 0 Å². The van der Waals surface area contributed by atoms with Gasteiger partial charge in [0.1, 0.15) is 11.0 Å². The summed E-state index contributed by atoms with van der Waals surface area (Å²) in [5, 5.41) is 0.894. The van der Waals surface area contributed by atoms with E-state index in [9.17, 15) is 9.59 Å². The molecule has 1 aromatic carbocycles. The predicted molar refractivity (Wildman–Crippen MR) is 133 cm³/mol. The number of thioether (sulfide) groups is 1. The lowest BCUT2D eigenvalue weighted by Gasteiger charge is -2.33. The van der Waals surface area contributed by atoms with Gasteiger partial charge in [0.05, 0.1) is 22.3 Å². The highest BCUT2D eigenvalue weighted by atomic mass is 35.5. The fourth-order valence-electron chi connectivity index (χ4n) is 4.77. The lowest BCUT2D eigenvalue weighted by molar-refractivity contribution is 0.388. The van der Waals surface area contributed by atoms with E-state index >= 15 is 0 Å². The Labute approximate surface area is 200 Å². The number of halogens is 1. The normalized spacial score (nSPS) is 18.2. The molecule has 172 valence electrons. The zero-order valence-electron chi connectivity index (χ0n) is 18.9. The maximum Gasteiger partial charge on any atom is 0.331 e. The highest BCUT2D eigenvalue weighted by Crippen LogP contribution is 2.49. The Morgan fingerprint density at radius 2 is 1.82 bits per heavy atom. The molecule has 9 heteroatoms. The van der Waals surface area contributed by atoms with Crippen molar-refractivity contribution < 1.29 is 4.42 Å². The third-order valence-electron chi connectivity index (χ3n) is 6.14. The van der Waals surface area contributed by atoms with Crippen molar-refractivity contribution in [2.45, 2.75) is 17.0 Å². The van der Waals surface area contributed by atoms with E-state index in [1.165, 1.54) is 11.6 Å². The number of hydrogen-bond acceptors (Lipinski definition) is 5. The van der Waals surface area contributed by atoms with Crippen LogP contribution in [0.25, 0.3) is 22.2 Å². The van der Waals surface area contributed by atoms with Gasteiger partial charge in [0, 0.05) is 32.4 Å². The highest BCUT2D eigenvalue weighted by Gasteiger charge is 2.37. The van der Waals surface area contributed by atoms with Gasteiger partial charge in [0.25, 0.3) is 5.56 Å². The zero-order chi connectivity index (χ0) is 23.4. The molecule has 0 spiro atoms. The molecule has 5 rings (SSSR count). The lowest BCUT2D eigenvalue weighted by Crippen LogP contribution is -2.37. The number of rotatable bonds is 4. The molecule has 0 unspecified atom stereocenters. The molecule has 3 aromatic heterocycles. The second-order valence-corrected chi connectivity index (χ2v) is 10.5. The van der Waals surface area contributed by atoms with Crippen LogP contribution in [0.5, 0.6) is 0 Å². The largest absolute Gasteiger partial charge is 0.448 e. The Balaban J connectivity index is 1.92. The summed E-state index contributed by atoms with van der Waals surface area (Å²) in [6.45, 7) is 1.56. The van der Waals surface area contributed by atoms with Gasteiger partial charge in [-0.3, -0.25) is 13.9 Å². The molecule has 0 fully saturated rings. The topological polar surface area (TPSA) is 65.3 Å². The zero-order valence-corrected chi connectivity index (χ0v) is 20.5. The highest BCUT2D eigenvalue weighted by molar-refractivity contribution is 8.00. The number of benzene rings is 1. The molecule has 0 radical (unpaired) electrons. The minimum atomic E-state index is -0.350. The summed E-state index contributed by atoms with van der Waals surface area (Å²) in [7, 11) is 7.36. The number of furan rings is 1. The third-order valence-corrected chi connectivity index (χ3v) is 7.75. The van der Waals surface area contributed by atoms with Crippen molar-refractivity contribution in [3.8, 4) is 11.3 Å². The third kappa shape index (κ3) is 3.57. The molecule has 2 atom stereocenters. The first-order chi connectivity index (χ1) is 15.8. The van der Waals surface area contributed by atoms with Crippen LogP contribution in [0.15, 0.2) is 56.5 Å². The van der Waals surface area contributed by atoms with Crippen molar-refractivity contribution in [1.29, 1.82) is 0 Å². The van der Waals surface area contributed by atoms with E-state index in [1.54, 1.807) is 29.4 Å². The Morgan fingerprint density at radius 3 is 2.45 bits per heavy atom. The van der Waals surface area contributed by atoms with Crippen LogP contribution in [-0.4, -0.2) is 44.5 Å². The van der Waals surface area contributed by atoms with Crippen LogP contribution in [0.2, 0.25) is 5.22 Å². The first kappa shape index (κ1) is 22.1. The average molecular weight is 485 g/mol. The molecule has 0 aliphatic carbocycles. The Morgan fingerprint density at radius 1 is 1.09 bits per heavy atom. The van der Waals surface area contributed by atoms with Gasteiger partial charge in [-0.1, -0.05) is 30.3 Å². The van der Waals surface area contributed by atoms with E-state index in [-0.39, 0.29) is 21.7 Å². The smallest absolute Gasteiger partial charge is 0.331 e. The van der Waals surface area contributed by atoms with Crippen LogP contribution in [0.4, 0.5) is 0 Å². The lowest BCUT2D eigenvalue weighted by atomic mass is 10.1. The van der Waals surface area contributed by atoms with Gasteiger partial charge in [-0.15, -0.1) is 11.8 Å². The fraction of sp³-hybridized carbons (Fsp3) is 0.333. The molecule has 0 bridgehead atoms. The fourth-order valence-corrected chi connectivity index (χ4v) is 6.56. The second-order valence-electron chi connectivity index (χ2n) is 8.68. The van der Waals surface area contributed by atoms with Crippen LogP contribution in [0.1, 0.15) is 16.7 Å². The number of nitrogens with zero attached hydrogens (tertiary/aromatic N) is 4. The van der Waals surface area contributed by atoms with Crippen LogP contribution in [-0.2, 0) is 20.6 Å². The molecule has 33 heavy (non-hydrogen) atoms. The van der Waals surface area contributed by atoms with E-state index < -0.39 is 0 Å². The van der Waals surface area contributed by atoms with Crippen molar-refractivity contribution in [2.24, 2.45) is 14.1 Å². The van der Waals surface area contributed by atoms with Crippen LogP contribution in [0.3, 0.4) is 0 Å². The number of aromatic nitrogens is 3. The molecule has 4 heterocycles. The molecule has 1 aliphatic rings. The summed E-state index contributed by atoms with van der Waals surface area (Å²) in [6.07, 6.45) is 0. The maximum absolute atomic E-state index is 13.5. The van der Waals surface area contributed by atoms with E-state index in [1.807, 2.05) is 36.4 Å². The Kier molecular flexibility index (Phi) is 5.55. The number of aryl methyl sites for hydroxylation is 1. The summed E-state index contributed by atoms with van der Waals surface area (Å²) in [5.41, 5.74) is 2.68. The molecule has 0 saturated heterocycles. The molecule has 7 nitrogen and oxygen atoms in total. The first-order valence-corrected chi connectivity index (χ1v) is 12.0. The van der Waals surface area contributed by atoms with Crippen molar-refractivity contribution in [3.05, 3.63) is 80.0 Å². The Bertz CT molecular complexity index is 1470. The van der Waals surface area contributed by atoms with E-state index in [0.717, 1.165) is 23.5 Å². The average Bonchev–Trinajstić information content (AvgIpc) is 3.37. The summed E-state index contributed by atoms with van der Waals surface area (Å²) < 4.78 is 10.9. The maximum atomic E-state index is 13.5. The summed E-state index contributed by atoms with van der Waals surface area (Å²) in [6, 6.07) is 13.5. The number of fused-ring (bicyclic) bond motifs is 3. The van der Waals surface area contributed by atoms with Gasteiger partial charge < -0.3 is 13.9 Å². The molecular formula is C24H25ClN4O3S. The summed E-state index contributed by atoms with van der Waals surface area (Å²) in [4.78, 5) is 28.6. The van der Waals surface area contributed by atoms with E-state index in [2.05, 4.69) is 23.6 Å². The molecule has 4 aromatic rings. The van der Waals surface area contributed by atoms with Gasteiger partial charge in [0.15, 0.2) is 5.22 Å². The van der Waals surface area contributed by atoms with Crippen molar-refractivity contribution >= 4 is 34.3 Å². The van der Waals surface area contributed by atoms with Gasteiger partial charge in [-0.05, 0) is 43.4 Å². The van der Waals surface area contributed by atoms with Gasteiger partial charge in [-0.25, -0.2) is 4.79 Å². The monoisotopic (exact) mass is 484 g/mol. The summed E-state index contributed by atoms with van der Waals surface area (Å²) >= 11 is 7.93. The Hall–Kier alpha value is -2.68. The SMILES string of the molecule is CN(C)C[C@@H]1Cn2c(-c3ccccc3)c3c(=O)n(C)c(=O)n(C)c3c2[C@@H](c2ccc(Cl)o2)S1.